The molecule has 0 aliphatic heterocycles. The molecule has 2 N–H and O–H groups in total. The molecular formula is C10H16F2N4. The molecule has 90 valence electrons. The van der Waals surface area contributed by atoms with Gasteiger partial charge in [-0.3, -0.25) is 0 Å². The maximum absolute atomic E-state index is 12.9. The molecule has 0 amide bonds. The molecule has 2 rings (SSSR count). The number of halogens is 2. The Kier molecular flexibility index (Phi) is 3.18. The van der Waals surface area contributed by atoms with E-state index in [0.29, 0.717) is 5.92 Å². The SMILES string of the molecule is CC(C1CCC1)n1nnc(CN)c1C(F)F. The highest BCUT2D eigenvalue weighted by atomic mass is 19.3. The van der Waals surface area contributed by atoms with Gasteiger partial charge in [0.2, 0.25) is 0 Å². The molecule has 1 aromatic heterocycles. The predicted octanol–water partition coefficient (Wildman–Crippen LogP) is 2.04. The Morgan fingerprint density at radius 2 is 2.19 bits per heavy atom. The van der Waals surface area contributed by atoms with Crippen LogP contribution in [-0.2, 0) is 6.54 Å². The molecule has 1 aliphatic rings. The third-order valence-electron chi connectivity index (χ3n) is 3.42. The first-order valence-corrected chi connectivity index (χ1v) is 5.57. The van der Waals surface area contributed by atoms with Crippen molar-refractivity contribution >= 4 is 0 Å². The van der Waals surface area contributed by atoms with Crippen molar-refractivity contribution in [2.24, 2.45) is 11.7 Å². The van der Waals surface area contributed by atoms with Gasteiger partial charge < -0.3 is 5.73 Å². The predicted molar refractivity (Wildman–Crippen MR) is 54.9 cm³/mol. The van der Waals surface area contributed by atoms with Crippen LogP contribution < -0.4 is 5.73 Å². The van der Waals surface area contributed by atoms with Crippen LogP contribution >= 0.6 is 0 Å². The lowest BCUT2D eigenvalue weighted by molar-refractivity contribution is 0.123. The lowest BCUT2D eigenvalue weighted by atomic mass is 9.80. The zero-order valence-electron chi connectivity index (χ0n) is 9.24. The molecule has 1 saturated carbocycles. The maximum atomic E-state index is 12.9. The third-order valence-corrected chi connectivity index (χ3v) is 3.42. The minimum absolute atomic E-state index is 0.00875. The summed E-state index contributed by atoms with van der Waals surface area (Å²) in [6.45, 7) is 1.93. The molecule has 0 spiro atoms. The number of hydrogen-bond donors (Lipinski definition) is 1. The number of hydrogen-bond acceptors (Lipinski definition) is 3. The van der Waals surface area contributed by atoms with E-state index in [1.165, 1.54) is 11.1 Å². The van der Waals surface area contributed by atoms with Crippen LogP contribution in [0.2, 0.25) is 0 Å². The Morgan fingerprint density at radius 3 is 2.62 bits per heavy atom. The van der Waals surface area contributed by atoms with Crippen molar-refractivity contribution in [3.8, 4) is 0 Å². The Labute approximate surface area is 92.8 Å². The summed E-state index contributed by atoms with van der Waals surface area (Å²) in [5, 5.41) is 7.54. The monoisotopic (exact) mass is 230 g/mol. The van der Waals surface area contributed by atoms with Crippen molar-refractivity contribution in [1.29, 1.82) is 0 Å². The number of rotatable bonds is 4. The van der Waals surface area contributed by atoms with E-state index in [1.807, 2.05) is 6.92 Å². The van der Waals surface area contributed by atoms with Crippen molar-refractivity contribution < 1.29 is 8.78 Å². The van der Waals surface area contributed by atoms with Crippen LogP contribution in [0.1, 0.15) is 50.0 Å². The molecule has 1 aromatic rings. The van der Waals surface area contributed by atoms with Crippen LogP contribution in [0, 0.1) is 5.92 Å². The van der Waals surface area contributed by atoms with Crippen LogP contribution in [0.25, 0.3) is 0 Å². The average molecular weight is 230 g/mol. The van der Waals surface area contributed by atoms with E-state index in [-0.39, 0.29) is 24.0 Å². The van der Waals surface area contributed by atoms with Gasteiger partial charge >= 0.3 is 0 Å². The van der Waals surface area contributed by atoms with Crippen molar-refractivity contribution in [1.82, 2.24) is 15.0 Å². The van der Waals surface area contributed by atoms with E-state index >= 15 is 0 Å². The molecule has 0 bridgehead atoms. The van der Waals surface area contributed by atoms with Gasteiger partial charge in [-0.2, -0.15) is 0 Å². The van der Waals surface area contributed by atoms with Crippen LogP contribution in [0.15, 0.2) is 0 Å². The van der Waals surface area contributed by atoms with Crippen molar-refractivity contribution in [2.75, 3.05) is 0 Å². The molecule has 1 atom stereocenters. The smallest absolute Gasteiger partial charge is 0.281 e. The van der Waals surface area contributed by atoms with Gasteiger partial charge in [0.1, 0.15) is 11.4 Å². The van der Waals surface area contributed by atoms with Gasteiger partial charge in [-0.25, -0.2) is 13.5 Å². The van der Waals surface area contributed by atoms with Crippen LogP contribution in [-0.4, -0.2) is 15.0 Å². The fourth-order valence-electron chi connectivity index (χ4n) is 2.13. The summed E-state index contributed by atoms with van der Waals surface area (Å²) >= 11 is 0. The van der Waals surface area contributed by atoms with Crippen molar-refractivity contribution in [3.63, 3.8) is 0 Å². The summed E-state index contributed by atoms with van der Waals surface area (Å²) in [5.41, 5.74) is 5.48. The minimum Gasteiger partial charge on any atom is -0.325 e. The van der Waals surface area contributed by atoms with Crippen molar-refractivity contribution in [2.45, 2.75) is 45.2 Å². The zero-order valence-corrected chi connectivity index (χ0v) is 9.24. The lowest BCUT2D eigenvalue weighted by Crippen LogP contribution is -2.25. The standard InChI is InChI=1S/C10H16F2N4/c1-6(7-3-2-4-7)16-9(10(11)12)8(5-13)14-15-16/h6-7,10H,2-5,13H2,1H3. The first kappa shape index (κ1) is 11.4. The van der Waals surface area contributed by atoms with Crippen LogP contribution in [0.3, 0.4) is 0 Å². The average Bonchev–Trinajstić information content (AvgIpc) is 2.57. The molecule has 0 radical (unpaired) electrons. The first-order chi connectivity index (χ1) is 7.65. The Morgan fingerprint density at radius 1 is 1.50 bits per heavy atom. The molecule has 6 heteroatoms. The van der Waals surface area contributed by atoms with Gasteiger partial charge in [0.05, 0.1) is 6.04 Å². The largest absolute Gasteiger partial charge is 0.325 e. The fraction of sp³-hybridized carbons (Fsp3) is 0.800. The number of nitrogens with two attached hydrogens (primary N) is 1. The Bertz CT molecular complexity index is 360. The molecule has 4 nitrogen and oxygen atoms in total. The van der Waals surface area contributed by atoms with Gasteiger partial charge in [-0.15, -0.1) is 5.10 Å². The highest BCUT2D eigenvalue weighted by Gasteiger charge is 2.30. The van der Waals surface area contributed by atoms with E-state index < -0.39 is 6.43 Å². The third kappa shape index (κ3) is 1.81. The van der Waals surface area contributed by atoms with Gasteiger partial charge in [0.25, 0.3) is 6.43 Å². The van der Waals surface area contributed by atoms with Crippen LogP contribution in [0.5, 0.6) is 0 Å². The van der Waals surface area contributed by atoms with Gasteiger partial charge in [0, 0.05) is 6.54 Å². The molecule has 1 aliphatic carbocycles. The minimum atomic E-state index is -2.56. The first-order valence-electron chi connectivity index (χ1n) is 5.57. The number of nitrogens with zero attached hydrogens (tertiary/aromatic N) is 3. The Hall–Kier alpha value is -1.04. The highest BCUT2D eigenvalue weighted by molar-refractivity contribution is 5.12. The second-order valence-electron chi connectivity index (χ2n) is 4.30. The molecular weight excluding hydrogens is 214 g/mol. The summed E-state index contributed by atoms with van der Waals surface area (Å²) in [6, 6.07) is -0.00875. The number of aromatic nitrogens is 3. The van der Waals surface area contributed by atoms with Crippen LogP contribution in [0.4, 0.5) is 8.78 Å². The summed E-state index contributed by atoms with van der Waals surface area (Å²) in [6.07, 6.45) is 0.789. The van der Waals surface area contributed by atoms with E-state index in [9.17, 15) is 8.78 Å². The molecule has 1 heterocycles. The summed E-state index contributed by atoms with van der Waals surface area (Å²) in [4.78, 5) is 0. The van der Waals surface area contributed by atoms with E-state index in [0.717, 1.165) is 12.8 Å². The highest BCUT2D eigenvalue weighted by Crippen LogP contribution is 2.37. The van der Waals surface area contributed by atoms with Gasteiger partial charge in [-0.1, -0.05) is 11.6 Å². The summed E-state index contributed by atoms with van der Waals surface area (Å²) in [5.74, 6) is 0.449. The fourth-order valence-corrected chi connectivity index (χ4v) is 2.13. The molecule has 0 aromatic carbocycles. The Balaban J connectivity index is 2.28. The number of alkyl halides is 2. The lowest BCUT2D eigenvalue weighted by Gasteiger charge is -2.31. The normalized spacial score (nSPS) is 18.8. The summed E-state index contributed by atoms with van der Waals surface area (Å²) < 4.78 is 27.2. The quantitative estimate of drug-likeness (QED) is 0.861. The van der Waals surface area contributed by atoms with E-state index in [1.54, 1.807) is 0 Å². The topological polar surface area (TPSA) is 56.7 Å². The summed E-state index contributed by atoms with van der Waals surface area (Å²) in [7, 11) is 0. The molecule has 1 unspecified atom stereocenters. The van der Waals surface area contributed by atoms with Gasteiger partial charge in [0.15, 0.2) is 0 Å². The van der Waals surface area contributed by atoms with Crippen molar-refractivity contribution in [3.05, 3.63) is 11.4 Å². The second kappa shape index (κ2) is 4.45. The molecule has 0 saturated heterocycles. The second-order valence-corrected chi connectivity index (χ2v) is 4.30. The van der Waals surface area contributed by atoms with E-state index in [4.69, 9.17) is 5.73 Å². The molecule has 1 fully saturated rings. The van der Waals surface area contributed by atoms with E-state index in [2.05, 4.69) is 10.3 Å². The zero-order chi connectivity index (χ0) is 11.7. The maximum Gasteiger partial charge on any atom is 0.281 e. The molecule has 16 heavy (non-hydrogen) atoms. The van der Waals surface area contributed by atoms with Gasteiger partial charge in [-0.05, 0) is 25.7 Å².